The van der Waals surface area contributed by atoms with E-state index in [-0.39, 0.29) is 5.69 Å². The molecule has 0 aliphatic rings. The third kappa shape index (κ3) is 5.17. The van der Waals surface area contributed by atoms with Crippen LogP contribution in [0.25, 0.3) is 0 Å². The van der Waals surface area contributed by atoms with E-state index in [1.807, 2.05) is 7.05 Å². The molecule has 0 bridgehead atoms. The van der Waals surface area contributed by atoms with Gasteiger partial charge in [0.05, 0.1) is 9.95 Å². The molecule has 0 aliphatic carbocycles. The second-order valence-electron chi connectivity index (χ2n) is 5.19. The molecule has 1 N–H and O–H groups in total. The molecular formula is C14H21ClN2O2. The first kappa shape index (κ1) is 15.9. The van der Waals surface area contributed by atoms with Crippen LogP contribution in [-0.4, -0.2) is 18.0 Å². The number of aryl methyl sites for hydroxylation is 1. The fourth-order valence-electron chi connectivity index (χ4n) is 2.13. The average Bonchev–Trinajstić information content (AvgIpc) is 2.34. The third-order valence-electron chi connectivity index (χ3n) is 3.17. The Morgan fingerprint density at radius 1 is 1.42 bits per heavy atom. The van der Waals surface area contributed by atoms with Crippen molar-refractivity contribution in [3.63, 3.8) is 0 Å². The molecular weight excluding hydrogens is 264 g/mol. The molecule has 1 unspecified atom stereocenters. The number of halogens is 1. The summed E-state index contributed by atoms with van der Waals surface area (Å²) in [6, 6.07) is 5.14. The van der Waals surface area contributed by atoms with Crippen molar-refractivity contribution in [1.82, 2.24) is 5.32 Å². The van der Waals surface area contributed by atoms with Crippen molar-refractivity contribution >= 4 is 17.3 Å². The topological polar surface area (TPSA) is 55.2 Å². The van der Waals surface area contributed by atoms with Gasteiger partial charge in [0, 0.05) is 18.2 Å². The molecule has 0 fully saturated rings. The van der Waals surface area contributed by atoms with Crippen molar-refractivity contribution in [3.8, 4) is 0 Å². The van der Waals surface area contributed by atoms with E-state index in [1.54, 1.807) is 6.07 Å². The van der Waals surface area contributed by atoms with E-state index in [1.165, 1.54) is 12.1 Å². The van der Waals surface area contributed by atoms with Gasteiger partial charge in [-0.2, -0.15) is 0 Å². The molecule has 0 saturated carbocycles. The van der Waals surface area contributed by atoms with Crippen LogP contribution in [0.5, 0.6) is 0 Å². The molecule has 0 spiro atoms. The summed E-state index contributed by atoms with van der Waals surface area (Å²) in [5, 5.41) is 14.4. The highest BCUT2D eigenvalue weighted by molar-refractivity contribution is 6.31. The maximum absolute atomic E-state index is 10.6. The zero-order valence-electron chi connectivity index (χ0n) is 11.6. The Labute approximate surface area is 119 Å². The predicted octanol–water partition coefficient (Wildman–Crippen LogP) is 3.81. The quantitative estimate of drug-likeness (QED) is 0.612. The van der Waals surface area contributed by atoms with E-state index in [2.05, 4.69) is 19.2 Å². The van der Waals surface area contributed by atoms with Crippen molar-refractivity contribution in [1.29, 1.82) is 0 Å². The van der Waals surface area contributed by atoms with Crippen LogP contribution in [0, 0.1) is 16.0 Å². The Morgan fingerprint density at radius 3 is 2.58 bits per heavy atom. The van der Waals surface area contributed by atoms with Gasteiger partial charge < -0.3 is 5.32 Å². The molecule has 1 aromatic rings. The van der Waals surface area contributed by atoms with Crippen molar-refractivity contribution < 1.29 is 4.92 Å². The lowest BCUT2D eigenvalue weighted by molar-refractivity contribution is -0.384. The van der Waals surface area contributed by atoms with Gasteiger partial charge in [-0.25, -0.2) is 0 Å². The summed E-state index contributed by atoms with van der Waals surface area (Å²) in [7, 11) is 1.96. The van der Waals surface area contributed by atoms with Crippen LogP contribution in [-0.2, 0) is 6.42 Å². The Kier molecular flexibility index (Phi) is 6.25. The third-order valence-corrected chi connectivity index (χ3v) is 3.53. The van der Waals surface area contributed by atoms with Crippen LogP contribution in [0.2, 0.25) is 5.02 Å². The molecule has 0 saturated heterocycles. The smallest absolute Gasteiger partial charge is 0.270 e. The number of nitro groups is 1. The minimum Gasteiger partial charge on any atom is -0.317 e. The molecule has 4 nitrogen and oxygen atoms in total. The van der Waals surface area contributed by atoms with Gasteiger partial charge in [0.25, 0.3) is 5.69 Å². The first-order chi connectivity index (χ1) is 8.93. The highest BCUT2D eigenvalue weighted by Gasteiger charge is 2.12. The molecule has 1 aromatic carbocycles. The number of nitrogens with one attached hydrogen (secondary N) is 1. The van der Waals surface area contributed by atoms with Gasteiger partial charge in [-0.1, -0.05) is 31.5 Å². The lowest BCUT2D eigenvalue weighted by atomic mass is 9.97. The Balaban J connectivity index is 2.64. The second-order valence-corrected chi connectivity index (χ2v) is 5.59. The van der Waals surface area contributed by atoms with Crippen molar-refractivity contribution in [3.05, 3.63) is 38.9 Å². The number of benzene rings is 1. The summed E-state index contributed by atoms with van der Waals surface area (Å²) in [6.07, 6.45) is 2.92. The standard InChI is InChI=1S/C14H21ClN2O2/c1-10(2)8-12(16-3)6-4-11-5-7-13(17(18)19)9-14(11)15/h5,7,9-10,12,16H,4,6,8H2,1-3H3. The molecule has 106 valence electrons. The normalized spacial score (nSPS) is 12.7. The minimum atomic E-state index is -0.426. The number of rotatable bonds is 7. The summed E-state index contributed by atoms with van der Waals surface area (Å²) >= 11 is 6.08. The highest BCUT2D eigenvalue weighted by Crippen LogP contribution is 2.24. The van der Waals surface area contributed by atoms with Gasteiger partial charge in [0.2, 0.25) is 0 Å². The van der Waals surface area contributed by atoms with E-state index in [0.717, 1.165) is 24.8 Å². The van der Waals surface area contributed by atoms with E-state index in [4.69, 9.17) is 11.6 Å². The maximum atomic E-state index is 10.6. The van der Waals surface area contributed by atoms with Crippen molar-refractivity contribution in [2.45, 2.75) is 39.2 Å². The molecule has 1 rings (SSSR count). The minimum absolute atomic E-state index is 0.0427. The van der Waals surface area contributed by atoms with E-state index in [0.29, 0.717) is 17.0 Å². The molecule has 0 heterocycles. The molecule has 0 aliphatic heterocycles. The fourth-order valence-corrected chi connectivity index (χ4v) is 2.40. The Hall–Kier alpha value is -1.13. The molecule has 19 heavy (non-hydrogen) atoms. The summed E-state index contributed by atoms with van der Waals surface area (Å²) < 4.78 is 0. The van der Waals surface area contributed by atoms with Crippen molar-refractivity contribution in [2.75, 3.05) is 7.05 Å². The molecule has 0 amide bonds. The Bertz CT molecular complexity index is 435. The van der Waals surface area contributed by atoms with Gasteiger partial charge in [-0.3, -0.25) is 10.1 Å². The van der Waals surface area contributed by atoms with Gasteiger partial charge in [0.15, 0.2) is 0 Å². The lowest BCUT2D eigenvalue weighted by Gasteiger charge is -2.18. The number of hydrogen-bond donors (Lipinski definition) is 1. The lowest BCUT2D eigenvalue weighted by Crippen LogP contribution is -2.27. The largest absolute Gasteiger partial charge is 0.317 e. The number of nitrogens with zero attached hydrogens (tertiary/aromatic N) is 1. The van der Waals surface area contributed by atoms with Crippen LogP contribution in [0.4, 0.5) is 5.69 Å². The van der Waals surface area contributed by atoms with Crippen LogP contribution in [0.1, 0.15) is 32.3 Å². The van der Waals surface area contributed by atoms with Gasteiger partial charge in [-0.05, 0) is 37.8 Å². The second kappa shape index (κ2) is 7.46. The molecule has 0 aromatic heterocycles. The summed E-state index contributed by atoms with van der Waals surface area (Å²) in [5.74, 6) is 0.643. The Morgan fingerprint density at radius 2 is 2.11 bits per heavy atom. The maximum Gasteiger partial charge on any atom is 0.270 e. The van der Waals surface area contributed by atoms with Crippen LogP contribution < -0.4 is 5.32 Å². The SMILES string of the molecule is CNC(CCc1ccc([N+](=O)[O-])cc1Cl)CC(C)C. The molecule has 5 heteroatoms. The number of hydrogen-bond acceptors (Lipinski definition) is 3. The van der Waals surface area contributed by atoms with Gasteiger partial charge in [0.1, 0.15) is 0 Å². The zero-order valence-corrected chi connectivity index (χ0v) is 12.4. The molecule has 1 atom stereocenters. The first-order valence-electron chi connectivity index (χ1n) is 6.54. The zero-order chi connectivity index (χ0) is 14.4. The summed E-state index contributed by atoms with van der Waals surface area (Å²) in [6.45, 7) is 4.40. The van der Waals surface area contributed by atoms with Gasteiger partial charge >= 0.3 is 0 Å². The van der Waals surface area contributed by atoms with E-state index < -0.39 is 4.92 Å². The van der Waals surface area contributed by atoms with E-state index in [9.17, 15) is 10.1 Å². The first-order valence-corrected chi connectivity index (χ1v) is 6.92. The number of nitro benzene ring substituents is 1. The highest BCUT2D eigenvalue weighted by atomic mass is 35.5. The summed E-state index contributed by atoms with van der Waals surface area (Å²) in [4.78, 5) is 10.2. The van der Waals surface area contributed by atoms with Crippen LogP contribution in [0.15, 0.2) is 18.2 Å². The monoisotopic (exact) mass is 284 g/mol. The summed E-state index contributed by atoms with van der Waals surface area (Å²) in [5.41, 5.74) is 1.01. The average molecular weight is 285 g/mol. The number of non-ortho nitro benzene ring substituents is 1. The van der Waals surface area contributed by atoms with Gasteiger partial charge in [-0.15, -0.1) is 0 Å². The van der Waals surface area contributed by atoms with E-state index >= 15 is 0 Å². The molecule has 0 radical (unpaired) electrons. The predicted molar refractivity (Wildman–Crippen MR) is 78.7 cm³/mol. The van der Waals surface area contributed by atoms with Crippen LogP contribution >= 0.6 is 11.6 Å². The fraction of sp³-hybridized carbons (Fsp3) is 0.571. The van der Waals surface area contributed by atoms with Crippen LogP contribution in [0.3, 0.4) is 0 Å². The van der Waals surface area contributed by atoms with Crippen molar-refractivity contribution in [2.24, 2.45) is 5.92 Å².